The van der Waals surface area contributed by atoms with Crippen LogP contribution >= 0.6 is 0 Å². The van der Waals surface area contributed by atoms with Gasteiger partial charge in [-0.05, 0) is 0 Å². The van der Waals surface area contributed by atoms with E-state index in [4.69, 9.17) is 0 Å². The van der Waals surface area contributed by atoms with E-state index in [0.29, 0.717) is 5.54 Å². The minimum Gasteiger partial charge on any atom is -0.341 e. The SMILES string of the molecule is C[C@H]1C[NH+](Cc2ccccc2)[C@]12CC[NH2+]C2. The molecule has 1 spiro atoms. The molecule has 1 unspecified atom stereocenters. The molecule has 3 N–H and O–H groups in total. The molecule has 0 amide bonds. The second kappa shape index (κ2) is 3.86. The summed E-state index contributed by atoms with van der Waals surface area (Å²) < 4.78 is 0. The molecule has 2 nitrogen and oxygen atoms in total. The third-order valence-electron chi connectivity index (χ3n) is 4.76. The van der Waals surface area contributed by atoms with E-state index in [2.05, 4.69) is 42.6 Å². The Hall–Kier alpha value is -0.860. The van der Waals surface area contributed by atoms with Crippen molar-refractivity contribution >= 4 is 0 Å². The first-order valence-electron chi connectivity index (χ1n) is 6.52. The molecular formula is C14H22N2+2. The summed E-state index contributed by atoms with van der Waals surface area (Å²) in [4.78, 5) is 1.82. The van der Waals surface area contributed by atoms with Crippen LogP contribution in [0.1, 0.15) is 18.9 Å². The van der Waals surface area contributed by atoms with Gasteiger partial charge in [-0.15, -0.1) is 0 Å². The molecule has 0 bridgehead atoms. The molecule has 3 atom stereocenters. The summed E-state index contributed by atoms with van der Waals surface area (Å²) in [5.74, 6) is 0.921. The van der Waals surface area contributed by atoms with Crippen molar-refractivity contribution in [3.63, 3.8) is 0 Å². The van der Waals surface area contributed by atoms with Crippen LogP contribution in [0.25, 0.3) is 0 Å². The molecule has 0 aliphatic carbocycles. The molecule has 1 aromatic rings. The van der Waals surface area contributed by atoms with Crippen LogP contribution < -0.4 is 10.2 Å². The van der Waals surface area contributed by atoms with Gasteiger partial charge in [0.2, 0.25) is 0 Å². The number of quaternary nitrogens is 2. The van der Waals surface area contributed by atoms with E-state index in [1.807, 2.05) is 4.90 Å². The fourth-order valence-electron chi connectivity index (χ4n) is 3.67. The molecule has 2 saturated heterocycles. The number of likely N-dealkylation sites (tertiary alicyclic amines) is 1. The van der Waals surface area contributed by atoms with Crippen molar-refractivity contribution in [3.05, 3.63) is 35.9 Å². The van der Waals surface area contributed by atoms with Gasteiger partial charge in [-0.1, -0.05) is 37.3 Å². The fourth-order valence-corrected chi connectivity index (χ4v) is 3.67. The maximum Gasteiger partial charge on any atom is 0.161 e. The van der Waals surface area contributed by atoms with E-state index >= 15 is 0 Å². The Kier molecular flexibility index (Phi) is 2.49. The summed E-state index contributed by atoms with van der Waals surface area (Å²) in [7, 11) is 0. The molecule has 2 aliphatic rings. The number of rotatable bonds is 2. The smallest absolute Gasteiger partial charge is 0.161 e. The van der Waals surface area contributed by atoms with Gasteiger partial charge in [-0.2, -0.15) is 0 Å². The van der Waals surface area contributed by atoms with Gasteiger partial charge in [0.05, 0.1) is 25.4 Å². The largest absolute Gasteiger partial charge is 0.341 e. The Morgan fingerprint density at radius 2 is 2.19 bits per heavy atom. The quantitative estimate of drug-likeness (QED) is 0.663. The monoisotopic (exact) mass is 218 g/mol. The van der Waals surface area contributed by atoms with Crippen LogP contribution in [0.3, 0.4) is 0 Å². The molecule has 2 fully saturated rings. The summed E-state index contributed by atoms with van der Waals surface area (Å²) in [6.45, 7) is 7.70. The summed E-state index contributed by atoms with van der Waals surface area (Å²) in [6.07, 6.45) is 1.41. The summed E-state index contributed by atoms with van der Waals surface area (Å²) in [5.41, 5.74) is 2.10. The lowest BCUT2D eigenvalue weighted by Crippen LogP contribution is -3.29. The molecule has 2 heterocycles. The zero-order valence-electron chi connectivity index (χ0n) is 10.1. The van der Waals surface area contributed by atoms with E-state index in [0.717, 1.165) is 5.92 Å². The van der Waals surface area contributed by atoms with Crippen LogP contribution in [0.15, 0.2) is 30.3 Å². The molecule has 16 heavy (non-hydrogen) atoms. The Labute approximate surface area is 97.6 Å². The second-order valence-corrected chi connectivity index (χ2v) is 5.56. The van der Waals surface area contributed by atoms with Gasteiger partial charge in [0, 0.05) is 5.56 Å². The molecule has 0 saturated carbocycles. The van der Waals surface area contributed by atoms with Crippen molar-refractivity contribution in [2.75, 3.05) is 19.6 Å². The van der Waals surface area contributed by atoms with Crippen molar-refractivity contribution < 1.29 is 10.2 Å². The number of nitrogens with one attached hydrogen (secondary N) is 1. The van der Waals surface area contributed by atoms with Gasteiger partial charge in [0.1, 0.15) is 13.1 Å². The maximum atomic E-state index is 2.50. The third kappa shape index (κ3) is 1.48. The van der Waals surface area contributed by atoms with Crippen molar-refractivity contribution in [1.29, 1.82) is 0 Å². The average molecular weight is 218 g/mol. The summed E-state index contributed by atoms with van der Waals surface area (Å²) in [5, 5.41) is 2.50. The average Bonchev–Trinajstić information content (AvgIpc) is 2.82. The number of benzene rings is 1. The molecule has 86 valence electrons. The zero-order chi connectivity index (χ0) is 11.0. The van der Waals surface area contributed by atoms with Gasteiger partial charge >= 0.3 is 0 Å². The Morgan fingerprint density at radius 1 is 1.38 bits per heavy atom. The first kappa shape index (κ1) is 10.3. The first-order valence-corrected chi connectivity index (χ1v) is 6.52. The van der Waals surface area contributed by atoms with Gasteiger partial charge in [-0.3, -0.25) is 0 Å². The van der Waals surface area contributed by atoms with Crippen LogP contribution in [-0.2, 0) is 6.54 Å². The third-order valence-corrected chi connectivity index (χ3v) is 4.76. The Bertz CT molecular complexity index is 354. The summed E-state index contributed by atoms with van der Waals surface area (Å²) >= 11 is 0. The topological polar surface area (TPSA) is 21.1 Å². The Morgan fingerprint density at radius 3 is 2.81 bits per heavy atom. The normalized spacial score (nSPS) is 37.6. The number of hydrogen-bond acceptors (Lipinski definition) is 0. The molecule has 3 rings (SSSR count). The molecule has 0 aromatic heterocycles. The van der Waals surface area contributed by atoms with Crippen molar-refractivity contribution in [3.8, 4) is 0 Å². The highest BCUT2D eigenvalue weighted by molar-refractivity contribution is 5.13. The lowest BCUT2D eigenvalue weighted by atomic mass is 9.74. The minimum absolute atomic E-state index is 0.607. The second-order valence-electron chi connectivity index (χ2n) is 5.56. The standard InChI is InChI=1S/C14H20N2/c1-12-9-16(14(12)7-8-15-11-14)10-13-5-3-2-4-6-13/h2-6,12,15H,7-11H2,1H3/p+2/t12-,14-/m0/s1. The van der Waals surface area contributed by atoms with Gasteiger partial charge in [0.25, 0.3) is 0 Å². The van der Waals surface area contributed by atoms with Gasteiger partial charge < -0.3 is 10.2 Å². The first-order chi connectivity index (χ1) is 7.81. The molecule has 2 heteroatoms. The van der Waals surface area contributed by atoms with Crippen molar-refractivity contribution in [2.24, 2.45) is 5.92 Å². The minimum atomic E-state index is 0.607. The lowest BCUT2D eigenvalue weighted by Gasteiger charge is -2.50. The Balaban J connectivity index is 1.73. The molecular weight excluding hydrogens is 196 g/mol. The molecule has 0 radical (unpaired) electrons. The number of hydrogen-bond donors (Lipinski definition) is 2. The highest BCUT2D eigenvalue weighted by atomic mass is 15.3. The van der Waals surface area contributed by atoms with E-state index in [9.17, 15) is 0 Å². The van der Waals surface area contributed by atoms with Gasteiger partial charge in [0.15, 0.2) is 5.54 Å². The fraction of sp³-hybridized carbons (Fsp3) is 0.571. The van der Waals surface area contributed by atoms with Crippen LogP contribution in [-0.4, -0.2) is 25.2 Å². The predicted octanol–water partition coefficient (Wildman–Crippen LogP) is -0.573. The predicted molar refractivity (Wildman–Crippen MR) is 64.1 cm³/mol. The zero-order valence-corrected chi connectivity index (χ0v) is 10.1. The highest BCUT2D eigenvalue weighted by Crippen LogP contribution is 2.24. The molecule has 2 aliphatic heterocycles. The van der Waals surface area contributed by atoms with Crippen molar-refractivity contribution in [2.45, 2.75) is 25.4 Å². The van der Waals surface area contributed by atoms with Crippen LogP contribution in [0, 0.1) is 5.92 Å². The highest BCUT2D eigenvalue weighted by Gasteiger charge is 2.59. The van der Waals surface area contributed by atoms with Crippen molar-refractivity contribution in [1.82, 2.24) is 0 Å². The van der Waals surface area contributed by atoms with Crippen LogP contribution in [0.4, 0.5) is 0 Å². The number of nitrogens with two attached hydrogens (primary N) is 1. The van der Waals surface area contributed by atoms with E-state index in [1.165, 1.54) is 38.2 Å². The van der Waals surface area contributed by atoms with Gasteiger partial charge in [-0.25, -0.2) is 0 Å². The van der Waals surface area contributed by atoms with Crippen LogP contribution in [0.2, 0.25) is 0 Å². The maximum absolute atomic E-state index is 2.50. The van der Waals surface area contributed by atoms with E-state index < -0.39 is 0 Å². The lowest BCUT2D eigenvalue weighted by molar-refractivity contribution is -1.02. The van der Waals surface area contributed by atoms with E-state index in [-0.39, 0.29) is 0 Å². The molecule has 1 aromatic carbocycles. The summed E-state index contributed by atoms with van der Waals surface area (Å²) in [6, 6.07) is 11.0. The van der Waals surface area contributed by atoms with Crippen LogP contribution in [0.5, 0.6) is 0 Å². The van der Waals surface area contributed by atoms with E-state index in [1.54, 1.807) is 0 Å².